The first kappa shape index (κ1) is 22.2. The predicted molar refractivity (Wildman–Crippen MR) is 118 cm³/mol. The molecule has 1 aromatic heterocycles. The molecule has 1 aliphatic heterocycles. The molecule has 0 atom stereocenters. The molecule has 1 aromatic carbocycles. The molecule has 30 heavy (non-hydrogen) atoms. The maximum atomic E-state index is 13.0. The Bertz CT molecular complexity index is 915. The van der Waals surface area contributed by atoms with Crippen LogP contribution in [0.25, 0.3) is 0 Å². The smallest absolute Gasteiger partial charge is 0.257 e. The number of amides is 1. The van der Waals surface area contributed by atoms with Crippen molar-refractivity contribution in [3.05, 3.63) is 68.9 Å². The molecular weight excluding hydrogens is 381 g/mol. The van der Waals surface area contributed by atoms with E-state index in [-0.39, 0.29) is 22.7 Å². The second-order valence-corrected chi connectivity index (χ2v) is 8.01. The Hall–Kier alpha value is -2.47. The number of rotatable bonds is 8. The lowest BCUT2D eigenvalue weighted by Crippen LogP contribution is -2.36. The molecule has 2 heterocycles. The number of likely N-dealkylation sites (tertiary alicyclic amines) is 1. The van der Waals surface area contributed by atoms with Gasteiger partial charge < -0.3 is 14.8 Å². The second-order valence-electron chi connectivity index (χ2n) is 8.01. The normalized spacial score (nSPS) is 14.6. The van der Waals surface area contributed by atoms with Crippen molar-refractivity contribution in [2.75, 3.05) is 26.2 Å². The fourth-order valence-corrected chi connectivity index (χ4v) is 4.24. The third kappa shape index (κ3) is 5.57. The van der Waals surface area contributed by atoms with Crippen molar-refractivity contribution in [3.63, 3.8) is 0 Å². The molecular formula is C24H32FN3O2. The lowest BCUT2D eigenvalue weighted by Gasteiger charge is -2.28. The second kappa shape index (κ2) is 10.5. The number of carbonyl (C=O) groups excluding carboxylic acids is 1. The van der Waals surface area contributed by atoms with Gasteiger partial charge in [-0.3, -0.25) is 9.59 Å². The number of nitrogens with one attached hydrogen (secondary N) is 1. The summed E-state index contributed by atoms with van der Waals surface area (Å²) >= 11 is 0. The summed E-state index contributed by atoms with van der Waals surface area (Å²) in [6.45, 7) is 8.28. The van der Waals surface area contributed by atoms with Crippen LogP contribution in [-0.2, 0) is 19.4 Å². The number of hydrogen-bond acceptors (Lipinski definition) is 3. The SMILES string of the molecule is CCc1c(C(=O)NCCc2ccc(F)cc2)c(=O)cc(C)n1CCN1CCCCC1. The number of carbonyl (C=O) groups is 1. The van der Waals surface area contributed by atoms with E-state index in [0.29, 0.717) is 19.4 Å². The van der Waals surface area contributed by atoms with Crippen molar-refractivity contribution in [1.82, 2.24) is 14.8 Å². The Labute approximate surface area is 177 Å². The molecule has 6 heteroatoms. The monoisotopic (exact) mass is 413 g/mol. The predicted octanol–water partition coefficient (Wildman–Crippen LogP) is 3.32. The highest BCUT2D eigenvalue weighted by Gasteiger charge is 2.19. The molecule has 0 unspecified atom stereocenters. The van der Waals surface area contributed by atoms with Crippen LogP contribution in [0.1, 0.15) is 53.5 Å². The van der Waals surface area contributed by atoms with Crippen LogP contribution in [0.2, 0.25) is 0 Å². The summed E-state index contributed by atoms with van der Waals surface area (Å²) in [7, 11) is 0. The van der Waals surface area contributed by atoms with E-state index in [4.69, 9.17) is 0 Å². The van der Waals surface area contributed by atoms with Gasteiger partial charge in [0.05, 0.1) is 0 Å². The summed E-state index contributed by atoms with van der Waals surface area (Å²) in [4.78, 5) is 28.0. The van der Waals surface area contributed by atoms with E-state index in [9.17, 15) is 14.0 Å². The van der Waals surface area contributed by atoms with E-state index in [2.05, 4.69) is 14.8 Å². The molecule has 1 saturated heterocycles. The number of piperidine rings is 1. The number of aryl methyl sites for hydroxylation is 1. The largest absolute Gasteiger partial charge is 0.352 e. The highest BCUT2D eigenvalue weighted by atomic mass is 19.1. The molecule has 1 N–H and O–H groups in total. The Balaban J connectivity index is 1.71. The summed E-state index contributed by atoms with van der Waals surface area (Å²) in [6, 6.07) is 7.81. The summed E-state index contributed by atoms with van der Waals surface area (Å²) < 4.78 is 15.2. The van der Waals surface area contributed by atoms with Gasteiger partial charge in [-0.25, -0.2) is 4.39 Å². The van der Waals surface area contributed by atoms with Gasteiger partial charge in [0.25, 0.3) is 5.91 Å². The minimum Gasteiger partial charge on any atom is -0.352 e. The van der Waals surface area contributed by atoms with E-state index < -0.39 is 0 Å². The van der Waals surface area contributed by atoms with E-state index in [1.807, 2.05) is 13.8 Å². The molecule has 2 aromatic rings. The maximum absolute atomic E-state index is 13.0. The molecule has 162 valence electrons. The van der Waals surface area contributed by atoms with Crippen LogP contribution >= 0.6 is 0 Å². The minimum absolute atomic E-state index is 0.224. The van der Waals surface area contributed by atoms with Gasteiger partial charge in [0, 0.05) is 37.1 Å². The summed E-state index contributed by atoms with van der Waals surface area (Å²) in [6.07, 6.45) is 4.99. The maximum Gasteiger partial charge on any atom is 0.257 e. The van der Waals surface area contributed by atoms with Gasteiger partial charge >= 0.3 is 0 Å². The van der Waals surface area contributed by atoms with Gasteiger partial charge in [0.15, 0.2) is 5.43 Å². The number of nitrogens with zero attached hydrogens (tertiary/aromatic N) is 2. The average molecular weight is 414 g/mol. The quantitative estimate of drug-likeness (QED) is 0.722. The summed E-state index contributed by atoms with van der Waals surface area (Å²) in [5.41, 5.74) is 2.67. The first-order chi connectivity index (χ1) is 14.5. The minimum atomic E-state index is -0.328. The van der Waals surface area contributed by atoms with E-state index >= 15 is 0 Å². The number of hydrogen-bond donors (Lipinski definition) is 1. The van der Waals surface area contributed by atoms with Crippen LogP contribution in [0.15, 0.2) is 35.1 Å². The zero-order chi connectivity index (χ0) is 21.5. The van der Waals surface area contributed by atoms with Gasteiger partial charge in [-0.05, 0) is 63.4 Å². The molecule has 1 aliphatic rings. The third-order valence-electron chi connectivity index (χ3n) is 5.89. The molecule has 0 saturated carbocycles. The lowest BCUT2D eigenvalue weighted by molar-refractivity contribution is 0.0951. The fraction of sp³-hybridized carbons (Fsp3) is 0.500. The number of halogens is 1. The lowest BCUT2D eigenvalue weighted by atomic mass is 10.1. The molecule has 0 radical (unpaired) electrons. The standard InChI is InChI=1S/C24H32FN3O2/c1-3-21-23(24(30)26-12-11-19-7-9-20(25)10-8-19)22(29)17-18(2)28(21)16-15-27-13-5-4-6-14-27/h7-10,17H,3-6,11-16H2,1-2H3,(H,26,30). The van der Waals surface area contributed by atoms with Gasteiger partial charge in [-0.2, -0.15) is 0 Å². The van der Waals surface area contributed by atoms with Crippen molar-refractivity contribution >= 4 is 5.91 Å². The van der Waals surface area contributed by atoms with Crippen LogP contribution in [-0.4, -0.2) is 41.6 Å². The number of pyridine rings is 1. The topological polar surface area (TPSA) is 54.3 Å². The highest BCUT2D eigenvalue weighted by molar-refractivity contribution is 5.95. The summed E-state index contributed by atoms with van der Waals surface area (Å²) in [5.74, 6) is -0.606. The van der Waals surface area contributed by atoms with Crippen molar-refractivity contribution in [2.45, 2.75) is 52.5 Å². The third-order valence-corrected chi connectivity index (χ3v) is 5.89. The molecule has 0 spiro atoms. The van der Waals surface area contributed by atoms with Crippen LogP contribution in [0.5, 0.6) is 0 Å². The Kier molecular flexibility index (Phi) is 7.80. The van der Waals surface area contributed by atoms with Gasteiger partial charge in [-0.15, -0.1) is 0 Å². The highest BCUT2D eigenvalue weighted by Crippen LogP contribution is 2.13. The first-order valence-corrected chi connectivity index (χ1v) is 11.0. The van der Waals surface area contributed by atoms with Crippen molar-refractivity contribution in [3.8, 4) is 0 Å². The van der Waals surface area contributed by atoms with Crippen molar-refractivity contribution in [1.29, 1.82) is 0 Å². The molecule has 1 fully saturated rings. The van der Waals surface area contributed by atoms with Crippen LogP contribution < -0.4 is 10.7 Å². The van der Waals surface area contributed by atoms with Gasteiger partial charge in [0.1, 0.15) is 11.4 Å². The van der Waals surface area contributed by atoms with Gasteiger partial charge in [0.2, 0.25) is 0 Å². The molecule has 1 amide bonds. The molecule has 0 bridgehead atoms. The Morgan fingerprint density at radius 2 is 1.80 bits per heavy atom. The van der Waals surface area contributed by atoms with Crippen LogP contribution in [0, 0.1) is 12.7 Å². The van der Waals surface area contributed by atoms with Crippen molar-refractivity contribution < 1.29 is 9.18 Å². The van der Waals surface area contributed by atoms with E-state index in [1.165, 1.54) is 31.4 Å². The number of benzene rings is 1. The van der Waals surface area contributed by atoms with Crippen LogP contribution in [0.4, 0.5) is 4.39 Å². The Morgan fingerprint density at radius 1 is 1.10 bits per heavy atom. The molecule has 3 rings (SSSR count). The average Bonchev–Trinajstić information content (AvgIpc) is 2.74. The summed E-state index contributed by atoms with van der Waals surface area (Å²) in [5, 5.41) is 2.87. The Morgan fingerprint density at radius 3 is 2.47 bits per heavy atom. The molecule has 5 nitrogen and oxygen atoms in total. The van der Waals surface area contributed by atoms with E-state index in [1.54, 1.807) is 18.2 Å². The first-order valence-electron chi connectivity index (χ1n) is 11.0. The fourth-order valence-electron chi connectivity index (χ4n) is 4.24. The molecule has 0 aliphatic carbocycles. The van der Waals surface area contributed by atoms with E-state index in [0.717, 1.165) is 43.1 Å². The zero-order valence-corrected chi connectivity index (χ0v) is 18.0. The zero-order valence-electron chi connectivity index (χ0n) is 18.0. The van der Waals surface area contributed by atoms with Crippen molar-refractivity contribution in [2.24, 2.45) is 0 Å². The van der Waals surface area contributed by atoms with Crippen LogP contribution in [0.3, 0.4) is 0 Å². The van der Waals surface area contributed by atoms with Gasteiger partial charge in [-0.1, -0.05) is 25.5 Å². The number of aromatic nitrogens is 1.